The van der Waals surface area contributed by atoms with Crippen LogP contribution in [-0.4, -0.2) is 5.91 Å². The minimum Gasteiger partial charge on any atom is -0.349 e. The lowest BCUT2D eigenvalue weighted by molar-refractivity contribution is -0.124. The van der Waals surface area contributed by atoms with Gasteiger partial charge in [0.15, 0.2) is 0 Å². The van der Waals surface area contributed by atoms with Gasteiger partial charge in [-0.15, -0.1) is 0 Å². The molecule has 90 valence electrons. The summed E-state index contributed by atoms with van der Waals surface area (Å²) in [4.78, 5) is 12.1. The number of hydrogen-bond donors (Lipinski definition) is 1. The molecule has 2 nitrogen and oxygen atoms in total. The maximum atomic E-state index is 12.1. The summed E-state index contributed by atoms with van der Waals surface area (Å²) in [6.07, 6.45) is 4.98. The first-order valence-corrected chi connectivity index (χ1v) is 6.57. The molecule has 0 saturated heterocycles. The number of amides is 1. The van der Waals surface area contributed by atoms with Gasteiger partial charge in [-0.1, -0.05) is 36.8 Å². The second-order valence-electron chi connectivity index (χ2n) is 5.61. The summed E-state index contributed by atoms with van der Waals surface area (Å²) in [5.41, 5.74) is 1.62. The van der Waals surface area contributed by atoms with Crippen LogP contribution in [0.25, 0.3) is 0 Å². The van der Waals surface area contributed by atoms with Gasteiger partial charge in [0.1, 0.15) is 0 Å². The number of nitrogens with one attached hydrogen (secondary N) is 1. The molecule has 2 aliphatic rings. The van der Waals surface area contributed by atoms with E-state index in [2.05, 4.69) is 24.4 Å². The molecule has 3 rings (SSSR count). The average molecular weight is 229 g/mol. The van der Waals surface area contributed by atoms with E-state index in [-0.39, 0.29) is 11.9 Å². The van der Waals surface area contributed by atoms with Gasteiger partial charge in [-0.05, 0) is 37.2 Å². The van der Waals surface area contributed by atoms with E-state index in [1.807, 2.05) is 18.2 Å². The normalized spacial score (nSPS) is 26.1. The Morgan fingerprint density at radius 3 is 2.59 bits per heavy atom. The van der Waals surface area contributed by atoms with Gasteiger partial charge < -0.3 is 5.32 Å². The highest BCUT2D eigenvalue weighted by atomic mass is 16.2. The molecule has 1 amide bonds. The highest BCUT2D eigenvalue weighted by molar-refractivity contribution is 5.83. The highest BCUT2D eigenvalue weighted by Gasteiger charge is 2.60. The summed E-state index contributed by atoms with van der Waals surface area (Å²) in [5, 5.41) is 3.14. The standard InChI is InChI=1S/C15H19NO/c1-11(12-6-3-2-4-7-12)16-14(17)13-10-15(13)8-5-9-15/h2-4,6-7,11,13H,5,8-10H2,1H3,(H,16,17)/t11-,13-/m0/s1. The van der Waals surface area contributed by atoms with Crippen molar-refractivity contribution in [1.29, 1.82) is 0 Å². The lowest BCUT2D eigenvalue weighted by Gasteiger charge is -2.26. The van der Waals surface area contributed by atoms with Crippen LogP contribution in [0.15, 0.2) is 30.3 Å². The number of carbonyl (C=O) groups excluding carboxylic acids is 1. The molecule has 2 fully saturated rings. The van der Waals surface area contributed by atoms with Crippen LogP contribution in [0.2, 0.25) is 0 Å². The molecular formula is C15H19NO. The van der Waals surface area contributed by atoms with E-state index >= 15 is 0 Å². The molecule has 2 aliphatic carbocycles. The SMILES string of the molecule is C[C@H](NC(=O)[C@@H]1CC12CCC2)c1ccccc1. The van der Waals surface area contributed by atoms with Crippen molar-refractivity contribution in [3.63, 3.8) is 0 Å². The van der Waals surface area contributed by atoms with Crippen molar-refractivity contribution in [3.8, 4) is 0 Å². The molecule has 1 spiro atoms. The zero-order valence-electron chi connectivity index (χ0n) is 10.3. The third-order valence-electron chi connectivity index (χ3n) is 4.51. The largest absolute Gasteiger partial charge is 0.349 e. The summed E-state index contributed by atoms with van der Waals surface area (Å²) in [6.45, 7) is 2.06. The summed E-state index contributed by atoms with van der Waals surface area (Å²) in [5.74, 6) is 0.573. The Labute approximate surface area is 102 Å². The van der Waals surface area contributed by atoms with Gasteiger partial charge in [0, 0.05) is 5.92 Å². The van der Waals surface area contributed by atoms with Gasteiger partial charge in [-0.3, -0.25) is 4.79 Å². The van der Waals surface area contributed by atoms with Crippen molar-refractivity contribution in [2.45, 2.75) is 38.6 Å². The Morgan fingerprint density at radius 1 is 1.35 bits per heavy atom. The van der Waals surface area contributed by atoms with Crippen LogP contribution in [-0.2, 0) is 4.79 Å². The van der Waals surface area contributed by atoms with Crippen LogP contribution in [0.5, 0.6) is 0 Å². The fraction of sp³-hybridized carbons (Fsp3) is 0.533. The van der Waals surface area contributed by atoms with Crippen molar-refractivity contribution in [1.82, 2.24) is 5.32 Å². The predicted molar refractivity (Wildman–Crippen MR) is 67.4 cm³/mol. The lowest BCUT2D eigenvalue weighted by atomic mass is 9.79. The Morgan fingerprint density at radius 2 is 2.06 bits per heavy atom. The third-order valence-corrected chi connectivity index (χ3v) is 4.51. The fourth-order valence-electron chi connectivity index (χ4n) is 3.04. The topological polar surface area (TPSA) is 29.1 Å². The second-order valence-corrected chi connectivity index (χ2v) is 5.61. The van der Waals surface area contributed by atoms with Crippen LogP contribution in [0.1, 0.15) is 44.2 Å². The third kappa shape index (κ3) is 1.86. The first kappa shape index (κ1) is 10.8. The Balaban J connectivity index is 1.59. The van der Waals surface area contributed by atoms with Crippen LogP contribution in [0, 0.1) is 11.3 Å². The number of benzene rings is 1. The fourth-order valence-corrected chi connectivity index (χ4v) is 3.04. The molecule has 0 aromatic heterocycles. The molecule has 1 aromatic carbocycles. The zero-order chi connectivity index (χ0) is 11.9. The van der Waals surface area contributed by atoms with E-state index in [0.717, 1.165) is 6.42 Å². The van der Waals surface area contributed by atoms with E-state index in [1.165, 1.54) is 24.8 Å². The smallest absolute Gasteiger partial charge is 0.224 e. The van der Waals surface area contributed by atoms with Crippen LogP contribution in [0.4, 0.5) is 0 Å². The Hall–Kier alpha value is -1.31. The zero-order valence-corrected chi connectivity index (χ0v) is 10.3. The molecule has 17 heavy (non-hydrogen) atoms. The van der Waals surface area contributed by atoms with E-state index in [1.54, 1.807) is 0 Å². The molecular weight excluding hydrogens is 210 g/mol. The first-order chi connectivity index (χ1) is 8.21. The average Bonchev–Trinajstić information content (AvgIpc) is 3.05. The summed E-state index contributed by atoms with van der Waals surface area (Å²) < 4.78 is 0. The van der Waals surface area contributed by atoms with Crippen molar-refractivity contribution in [2.24, 2.45) is 11.3 Å². The van der Waals surface area contributed by atoms with Gasteiger partial charge >= 0.3 is 0 Å². The maximum Gasteiger partial charge on any atom is 0.224 e. The Bertz CT molecular complexity index is 422. The predicted octanol–water partition coefficient (Wildman–Crippen LogP) is 3.05. The van der Waals surface area contributed by atoms with Gasteiger partial charge in [0.2, 0.25) is 5.91 Å². The van der Waals surface area contributed by atoms with Crippen molar-refractivity contribution in [3.05, 3.63) is 35.9 Å². The van der Waals surface area contributed by atoms with Crippen molar-refractivity contribution in [2.75, 3.05) is 0 Å². The van der Waals surface area contributed by atoms with Crippen molar-refractivity contribution >= 4 is 5.91 Å². The molecule has 0 heterocycles. The minimum absolute atomic E-state index is 0.126. The first-order valence-electron chi connectivity index (χ1n) is 6.57. The van der Waals surface area contributed by atoms with E-state index in [0.29, 0.717) is 11.3 Å². The molecule has 2 saturated carbocycles. The molecule has 0 unspecified atom stereocenters. The quantitative estimate of drug-likeness (QED) is 0.848. The molecule has 2 atom stereocenters. The van der Waals surface area contributed by atoms with Gasteiger partial charge in [0.25, 0.3) is 0 Å². The molecule has 0 bridgehead atoms. The van der Waals surface area contributed by atoms with Crippen molar-refractivity contribution < 1.29 is 4.79 Å². The maximum absolute atomic E-state index is 12.1. The Kier molecular flexibility index (Phi) is 2.46. The molecule has 0 aliphatic heterocycles. The van der Waals surface area contributed by atoms with E-state index < -0.39 is 0 Å². The van der Waals surface area contributed by atoms with Crippen LogP contribution < -0.4 is 5.32 Å². The summed E-state index contributed by atoms with van der Waals surface area (Å²) >= 11 is 0. The summed E-state index contributed by atoms with van der Waals surface area (Å²) in [6, 6.07) is 10.3. The monoisotopic (exact) mass is 229 g/mol. The highest BCUT2D eigenvalue weighted by Crippen LogP contribution is 2.65. The molecule has 1 N–H and O–H groups in total. The van der Waals surface area contributed by atoms with E-state index in [4.69, 9.17) is 0 Å². The lowest BCUT2D eigenvalue weighted by Crippen LogP contribution is -2.31. The summed E-state index contributed by atoms with van der Waals surface area (Å²) in [7, 11) is 0. The van der Waals surface area contributed by atoms with Gasteiger partial charge in [-0.2, -0.15) is 0 Å². The molecule has 0 radical (unpaired) electrons. The van der Waals surface area contributed by atoms with Crippen LogP contribution in [0.3, 0.4) is 0 Å². The van der Waals surface area contributed by atoms with Gasteiger partial charge in [-0.25, -0.2) is 0 Å². The molecule has 1 aromatic rings. The second kappa shape index (κ2) is 3.86. The number of rotatable bonds is 3. The molecule has 2 heteroatoms. The number of hydrogen-bond acceptors (Lipinski definition) is 1. The number of carbonyl (C=O) groups is 1. The van der Waals surface area contributed by atoms with Gasteiger partial charge in [0.05, 0.1) is 6.04 Å². The van der Waals surface area contributed by atoms with E-state index in [9.17, 15) is 4.79 Å². The minimum atomic E-state index is 0.126. The van der Waals surface area contributed by atoms with Crippen LogP contribution >= 0.6 is 0 Å².